The fraction of sp³-hybridized carbons (Fsp3) is 0.300. The van der Waals surface area contributed by atoms with Gasteiger partial charge in [-0.25, -0.2) is 14.4 Å². The van der Waals surface area contributed by atoms with Crippen LogP contribution in [0.3, 0.4) is 0 Å². The second-order valence-electron chi connectivity index (χ2n) is 6.57. The van der Waals surface area contributed by atoms with E-state index in [4.69, 9.17) is 5.73 Å². The number of thiophene rings is 1. The molecule has 29 heavy (non-hydrogen) atoms. The minimum absolute atomic E-state index is 0.0213. The maximum Gasteiger partial charge on any atom is 0.237 e. The van der Waals surface area contributed by atoms with Crippen molar-refractivity contribution < 1.29 is 14.0 Å². The molecule has 0 aliphatic rings. The summed E-state index contributed by atoms with van der Waals surface area (Å²) in [6.45, 7) is 6.02. The summed E-state index contributed by atoms with van der Waals surface area (Å²) in [6, 6.07) is 5.58. The molecule has 0 saturated heterocycles. The van der Waals surface area contributed by atoms with Crippen molar-refractivity contribution in [2.24, 2.45) is 5.73 Å². The third-order valence-electron chi connectivity index (χ3n) is 4.46. The largest absolute Gasteiger partial charge is 0.370 e. The van der Waals surface area contributed by atoms with Crippen LogP contribution in [0.2, 0.25) is 0 Å². The zero-order valence-electron chi connectivity index (χ0n) is 16.4. The number of carbonyl (C=O) groups is 2. The number of rotatable bonds is 7. The highest BCUT2D eigenvalue weighted by Crippen LogP contribution is 2.35. The molecule has 0 atom stereocenters. The molecule has 0 fully saturated rings. The van der Waals surface area contributed by atoms with E-state index in [9.17, 15) is 14.0 Å². The maximum atomic E-state index is 13.3. The number of nitrogens with zero attached hydrogens (tertiary/aromatic N) is 3. The van der Waals surface area contributed by atoms with Crippen LogP contribution in [-0.2, 0) is 9.59 Å². The zero-order chi connectivity index (χ0) is 21.1. The Bertz CT molecular complexity index is 1070. The van der Waals surface area contributed by atoms with Gasteiger partial charge in [-0.2, -0.15) is 0 Å². The average molecular weight is 433 g/mol. The van der Waals surface area contributed by atoms with E-state index >= 15 is 0 Å². The molecule has 1 aromatic carbocycles. The lowest BCUT2D eigenvalue weighted by molar-refractivity contribution is -0.118. The van der Waals surface area contributed by atoms with Crippen LogP contribution in [0.15, 0.2) is 29.3 Å². The van der Waals surface area contributed by atoms with Gasteiger partial charge < -0.3 is 10.6 Å². The Labute approximate surface area is 176 Å². The molecule has 2 aromatic heterocycles. The van der Waals surface area contributed by atoms with Crippen molar-refractivity contribution >= 4 is 50.8 Å². The molecule has 2 amide bonds. The molecule has 0 spiro atoms. The number of halogens is 1. The third kappa shape index (κ3) is 4.91. The summed E-state index contributed by atoms with van der Waals surface area (Å²) in [4.78, 5) is 36.7. The lowest BCUT2D eigenvalue weighted by atomic mass is 10.2. The Morgan fingerprint density at radius 1 is 1.17 bits per heavy atom. The third-order valence-corrected chi connectivity index (χ3v) is 6.52. The van der Waals surface area contributed by atoms with Gasteiger partial charge in [-0.05, 0) is 50.6 Å². The second kappa shape index (κ2) is 8.87. The monoisotopic (exact) mass is 432 g/mol. The number of carbonyl (C=O) groups excluding carboxylic acids is 2. The number of hydrogen-bond acceptors (Lipinski definition) is 6. The van der Waals surface area contributed by atoms with Crippen LogP contribution in [0.25, 0.3) is 10.2 Å². The molecular formula is C20H21FN4O2S2. The number of thioether (sulfide) groups is 1. The number of anilines is 1. The molecule has 2 heterocycles. The summed E-state index contributed by atoms with van der Waals surface area (Å²) < 4.78 is 13.3. The molecule has 6 nitrogen and oxygen atoms in total. The summed E-state index contributed by atoms with van der Waals surface area (Å²) in [6.07, 6.45) is 0.0213. The van der Waals surface area contributed by atoms with Crippen molar-refractivity contribution in [3.63, 3.8) is 0 Å². The molecule has 0 aliphatic carbocycles. The van der Waals surface area contributed by atoms with Gasteiger partial charge in [0, 0.05) is 28.9 Å². The molecule has 0 unspecified atom stereocenters. The lowest BCUT2D eigenvalue weighted by Gasteiger charge is -2.22. The maximum absolute atomic E-state index is 13.3. The first-order valence-electron chi connectivity index (χ1n) is 8.97. The molecule has 0 aliphatic heterocycles. The predicted octanol–water partition coefficient (Wildman–Crippen LogP) is 3.76. The fourth-order valence-corrected chi connectivity index (χ4v) is 5.01. The minimum atomic E-state index is -0.505. The lowest BCUT2D eigenvalue weighted by Crippen LogP contribution is -2.35. The van der Waals surface area contributed by atoms with E-state index in [1.807, 2.05) is 20.8 Å². The van der Waals surface area contributed by atoms with Crippen molar-refractivity contribution in [2.45, 2.75) is 32.2 Å². The van der Waals surface area contributed by atoms with E-state index in [0.29, 0.717) is 11.5 Å². The van der Waals surface area contributed by atoms with Crippen LogP contribution in [0.4, 0.5) is 10.1 Å². The van der Waals surface area contributed by atoms with Crippen molar-refractivity contribution in [3.05, 3.63) is 46.3 Å². The number of nitrogens with two attached hydrogens (primary N) is 1. The van der Waals surface area contributed by atoms with Gasteiger partial charge in [0.2, 0.25) is 11.8 Å². The normalized spacial score (nSPS) is 11.0. The van der Waals surface area contributed by atoms with Crippen LogP contribution < -0.4 is 10.6 Å². The molecule has 0 radical (unpaired) electrons. The molecule has 9 heteroatoms. The summed E-state index contributed by atoms with van der Waals surface area (Å²) >= 11 is 2.94. The van der Waals surface area contributed by atoms with E-state index in [1.54, 1.807) is 11.3 Å². The molecule has 3 aromatic rings. The van der Waals surface area contributed by atoms with E-state index < -0.39 is 11.7 Å². The standard InChI is InChI=1S/C20H21FN4O2S2/c1-11-12(2)29-20-18(11)19(23-13(3)24-20)28-10-17(27)25(9-8-16(22)26)15-6-4-14(21)5-7-15/h4-7H,8-10H2,1-3H3,(H2,22,26). The molecule has 0 saturated carbocycles. The highest BCUT2D eigenvalue weighted by Gasteiger charge is 2.20. The van der Waals surface area contributed by atoms with Gasteiger partial charge in [-0.15, -0.1) is 11.3 Å². The average Bonchev–Trinajstić information content (AvgIpc) is 2.94. The van der Waals surface area contributed by atoms with Gasteiger partial charge in [0.1, 0.15) is 21.5 Å². The summed E-state index contributed by atoms with van der Waals surface area (Å²) in [5, 5.41) is 1.73. The first-order chi connectivity index (χ1) is 13.8. The van der Waals surface area contributed by atoms with Gasteiger partial charge in [-0.1, -0.05) is 11.8 Å². The van der Waals surface area contributed by atoms with Crippen LogP contribution >= 0.6 is 23.1 Å². The molecule has 0 bridgehead atoms. The van der Waals surface area contributed by atoms with Crippen LogP contribution in [0.5, 0.6) is 0 Å². The number of primary amides is 1. The van der Waals surface area contributed by atoms with Gasteiger partial charge in [0.25, 0.3) is 0 Å². The van der Waals surface area contributed by atoms with E-state index in [1.165, 1.54) is 45.8 Å². The van der Waals surface area contributed by atoms with Gasteiger partial charge >= 0.3 is 0 Å². The van der Waals surface area contributed by atoms with E-state index in [-0.39, 0.29) is 24.6 Å². The Kier molecular flexibility index (Phi) is 6.49. The Morgan fingerprint density at radius 2 is 1.86 bits per heavy atom. The van der Waals surface area contributed by atoms with Crippen molar-refractivity contribution in [1.29, 1.82) is 0 Å². The summed E-state index contributed by atoms with van der Waals surface area (Å²) in [5.74, 6) is -0.340. The van der Waals surface area contributed by atoms with Crippen molar-refractivity contribution in [1.82, 2.24) is 9.97 Å². The SMILES string of the molecule is Cc1nc(SCC(=O)N(CCC(N)=O)c2ccc(F)cc2)c2c(C)c(C)sc2n1. The van der Waals surface area contributed by atoms with Crippen LogP contribution in [-0.4, -0.2) is 34.1 Å². The summed E-state index contributed by atoms with van der Waals surface area (Å²) in [7, 11) is 0. The molecular weight excluding hydrogens is 411 g/mol. The fourth-order valence-electron chi connectivity index (χ4n) is 2.87. The number of hydrogen-bond donors (Lipinski definition) is 1. The Hall–Kier alpha value is -2.52. The smallest absolute Gasteiger partial charge is 0.237 e. The van der Waals surface area contributed by atoms with Crippen LogP contribution in [0.1, 0.15) is 22.7 Å². The summed E-state index contributed by atoms with van der Waals surface area (Å²) in [5.41, 5.74) is 6.88. The van der Waals surface area contributed by atoms with Gasteiger partial charge in [-0.3, -0.25) is 9.59 Å². The first kappa shape index (κ1) is 21.2. The highest BCUT2D eigenvalue weighted by atomic mass is 32.2. The quantitative estimate of drug-likeness (QED) is 0.454. The number of aromatic nitrogens is 2. The van der Waals surface area contributed by atoms with Crippen molar-refractivity contribution in [2.75, 3.05) is 17.2 Å². The van der Waals surface area contributed by atoms with Crippen LogP contribution in [0, 0.1) is 26.6 Å². The second-order valence-corrected chi connectivity index (χ2v) is 8.73. The van der Waals surface area contributed by atoms with Crippen molar-refractivity contribution in [3.8, 4) is 0 Å². The van der Waals surface area contributed by atoms with E-state index in [2.05, 4.69) is 9.97 Å². The van der Waals surface area contributed by atoms with Gasteiger partial charge in [0.15, 0.2) is 0 Å². The molecule has 3 rings (SSSR count). The zero-order valence-corrected chi connectivity index (χ0v) is 18.0. The van der Waals surface area contributed by atoms with Gasteiger partial charge in [0.05, 0.1) is 5.75 Å². The Morgan fingerprint density at radius 3 is 2.52 bits per heavy atom. The number of benzene rings is 1. The number of aryl methyl sites for hydroxylation is 3. The highest BCUT2D eigenvalue weighted by molar-refractivity contribution is 8.00. The topological polar surface area (TPSA) is 89.2 Å². The number of amides is 2. The van der Waals surface area contributed by atoms with E-state index in [0.717, 1.165) is 20.8 Å². The Balaban J connectivity index is 1.84. The number of fused-ring (bicyclic) bond motifs is 1. The first-order valence-corrected chi connectivity index (χ1v) is 10.8. The minimum Gasteiger partial charge on any atom is -0.370 e. The predicted molar refractivity (Wildman–Crippen MR) is 115 cm³/mol. The molecule has 2 N–H and O–H groups in total. The molecule has 152 valence electrons.